The van der Waals surface area contributed by atoms with Crippen LogP contribution in [0.4, 0.5) is 0 Å². The predicted octanol–water partition coefficient (Wildman–Crippen LogP) is 8.60. The van der Waals surface area contributed by atoms with Gasteiger partial charge in [0.2, 0.25) is 0 Å². The Kier molecular flexibility index (Phi) is 27.7. The lowest BCUT2D eigenvalue weighted by Crippen LogP contribution is -2.09. The third-order valence-electron chi connectivity index (χ3n) is 2.20. The lowest BCUT2D eigenvalue weighted by molar-refractivity contribution is 0.301. The predicted molar refractivity (Wildman–Crippen MR) is 105 cm³/mol. The van der Waals surface area contributed by atoms with Gasteiger partial charge in [0.15, 0.2) is 0 Å². The van der Waals surface area contributed by atoms with Gasteiger partial charge in [-0.1, -0.05) is 109 Å². The monoisotopic (exact) mass is 302 g/mol. The van der Waals surface area contributed by atoms with Gasteiger partial charge in [0, 0.05) is 0 Å². The van der Waals surface area contributed by atoms with Crippen LogP contribution in [0.5, 0.6) is 0 Å². The van der Waals surface area contributed by atoms with E-state index in [-0.39, 0.29) is 0 Å². The zero-order chi connectivity index (χ0) is 18.1. The van der Waals surface area contributed by atoms with E-state index < -0.39 is 0 Å². The van der Waals surface area contributed by atoms with Gasteiger partial charge in [0.1, 0.15) is 0 Å². The molecule has 0 spiro atoms. The van der Waals surface area contributed by atoms with Crippen molar-refractivity contribution < 1.29 is 0 Å². The first kappa shape index (κ1) is 29.1. The smallest absolute Gasteiger partial charge is 0.0411 e. The molecule has 134 valence electrons. The molecule has 2 unspecified atom stereocenters. The minimum Gasteiger partial charge on any atom is -0.0683 e. The molecule has 0 bridgehead atoms. The Morgan fingerprint density at radius 3 is 1.00 bits per heavy atom. The van der Waals surface area contributed by atoms with Crippen molar-refractivity contribution in [2.75, 3.05) is 0 Å². The Bertz CT molecular complexity index is 133. The Morgan fingerprint density at radius 2 is 0.905 bits per heavy atom. The first-order valence-corrected chi connectivity index (χ1v) is 9.52. The molecule has 0 aromatic carbocycles. The van der Waals surface area contributed by atoms with Crippen molar-refractivity contribution in [1.29, 1.82) is 0 Å². The Balaban J connectivity index is -0.0000000975. The van der Waals surface area contributed by atoms with Crippen LogP contribution in [0.2, 0.25) is 0 Å². The van der Waals surface area contributed by atoms with Crippen molar-refractivity contribution in [2.24, 2.45) is 23.2 Å². The first-order valence-electron chi connectivity index (χ1n) is 9.52. The first-order chi connectivity index (χ1) is 9.52. The van der Waals surface area contributed by atoms with E-state index in [0.29, 0.717) is 5.41 Å². The van der Waals surface area contributed by atoms with Gasteiger partial charge in [0.25, 0.3) is 0 Å². The molecule has 0 amide bonds. The topological polar surface area (TPSA) is 0 Å². The Morgan fingerprint density at radius 1 is 0.714 bits per heavy atom. The molecule has 0 saturated heterocycles. The van der Waals surface area contributed by atoms with Gasteiger partial charge >= 0.3 is 0 Å². The van der Waals surface area contributed by atoms with Crippen molar-refractivity contribution in [2.45, 2.75) is 116 Å². The fraction of sp³-hybridized carbons (Fsp3) is 1.00. The average molecular weight is 303 g/mol. The van der Waals surface area contributed by atoms with Crippen molar-refractivity contribution in [3.05, 3.63) is 0 Å². The van der Waals surface area contributed by atoms with Crippen LogP contribution in [0.1, 0.15) is 116 Å². The molecule has 0 radical (unpaired) electrons. The maximum atomic E-state index is 2.37. The van der Waals surface area contributed by atoms with Gasteiger partial charge in [-0.3, -0.25) is 0 Å². The summed E-state index contributed by atoms with van der Waals surface area (Å²) in [4.78, 5) is 0. The van der Waals surface area contributed by atoms with Crippen molar-refractivity contribution in [3.63, 3.8) is 0 Å². The van der Waals surface area contributed by atoms with E-state index >= 15 is 0 Å². The zero-order valence-electron chi connectivity index (χ0n) is 18.1. The molecule has 0 heterocycles. The molecule has 21 heavy (non-hydrogen) atoms. The summed E-state index contributed by atoms with van der Waals surface area (Å²) in [5.74, 6) is 2.86. The normalized spacial score (nSPS) is 20.3. The van der Waals surface area contributed by atoms with Gasteiger partial charge in [0.05, 0.1) is 0 Å². The molecule has 0 nitrogen and oxygen atoms in total. The summed E-state index contributed by atoms with van der Waals surface area (Å²) in [6, 6.07) is 0. The molecule has 0 N–H and O–H groups in total. The zero-order valence-corrected chi connectivity index (χ0v) is 18.1. The molecule has 1 aliphatic carbocycles. The van der Waals surface area contributed by atoms with Gasteiger partial charge in [-0.05, 0) is 29.6 Å². The van der Waals surface area contributed by atoms with Gasteiger partial charge < -0.3 is 0 Å². The van der Waals surface area contributed by atoms with Crippen molar-refractivity contribution in [3.8, 4) is 0 Å². The van der Waals surface area contributed by atoms with Gasteiger partial charge in [-0.25, -0.2) is 0 Å². The van der Waals surface area contributed by atoms with Crippen LogP contribution >= 0.6 is 0 Å². The van der Waals surface area contributed by atoms with E-state index in [9.17, 15) is 0 Å². The molecular weight excluding hydrogens is 252 g/mol. The molecule has 2 atom stereocenters. The lowest BCUT2D eigenvalue weighted by Gasteiger charge is -2.22. The minimum atomic E-state index is 0.500. The Hall–Kier alpha value is 0. The molecule has 0 aromatic rings. The maximum Gasteiger partial charge on any atom is -0.0411 e. The van der Waals surface area contributed by atoms with Crippen LogP contribution in [-0.2, 0) is 0 Å². The summed E-state index contributed by atoms with van der Waals surface area (Å²) >= 11 is 0. The third kappa shape index (κ3) is 64.8. The summed E-state index contributed by atoms with van der Waals surface area (Å²) in [5, 5.41) is 0. The van der Waals surface area contributed by atoms with Crippen LogP contribution in [0, 0.1) is 23.2 Å². The third-order valence-corrected chi connectivity index (χ3v) is 2.20. The highest BCUT2D eigenvalue weighted by atomic mass is 14.2. The van der Waals surface area contributed by atoms with Crippen LogP contribution in [0.25, 0.3) is 0 Å². The van der Waals surface area contributed by atoms with Crippen LogP contribution < -0.4 is 0 Å². The van der Waals surface area contributed by atoms with E-state index in [2.05, 4.69) is 62.3 Å². The second-order valence-electron chi connectivity index (χ2n) is 8.11. The molecule has 1 aliphatic rings. The summed E-state index contributed by atoms with van der Waals surface area (Å²) in [6.45, 7) is 28.0. The quantitative estimate of drug-likeness (QED) is 0.420. The van der Waals surface area contributed by atoms with Crippen LogP contribution in [0.3, 0.4) is 0 Å². The highest BCUT2D eigenvalue weighted by Gasteiger charge is 2.13. The van der Waals surface area contributed by atoms with Crippen LogP contribution in [0.15, 0.2) is 0 Å². The summed E-state index contributed by atoms with van der Waals surface area (Å²) in [7, 11) is 0. The summed E-state index contributed by atoms with van der Waals surface area (Å²) < 4.78 is 0. The fourth-order valence-electron chi connectivity index (χ4n) is 1.74. The number of hydrogen-bond acceptors (Lipinski definition) is 0. The molecule has 1 fully saturated rings. The highest BCUT2D eigenvalue weighted by Crippen LogP contribution is 2.27. The second-order valence-corrected chi connectivity index (χ2v) is 8.11. The number of hydrogen-bond donors (Lipinski definition) is 0. The highest BCUT2D eigenvalue weighted by molar-refractivity contribution is 4.66. The van der Waals surface area contributed by atoms with E-state index in [1.54, 1.807) is 0 Å². The molecule has 1 saturated carbocycles. The van der Waals surface area contributed by atoms with E-state index in [0.717, 1.165) is 17.8 Å². The SMILES string of the molecule is CC.CC.CC(C)(C)C.CC(C)C.CC1CCCC(C)C1. The van der Waals surface area contributed by atoms with Gasteiger partial charge in [-0.15, -0.1) is 0 Å². The molecule has 1 rings (SSSR count). The van der Waals surface area contributed by atoms with E-state index in [1.165, 1.54) is 25.7 Å². The van der Waals surface area contributed by atoms with E-state index in [1.807, 2.05) is 27.7 Å². The van der Waals surface area contributed by atoms with Crippen molar-refractivity contribution >= 4 is 0 Å². The number of rotatable bonds is 0. The second kappa shape index (κ2) is 20.0. The van der Waals surface area contributed by atoms with Crippen LogP contribution in [-0.4, -0.2) is 0 Å². The molecule has 0 heteroatoms. The fourth-order valence-corrected chi connectivity index (χ4v) is 1.74. The minimum absolute atomic E-state index is 0.500. The molecule has 0 aromatic heterocycles. The standard InChI is InChI=1S/C8H16.C5H12.C4H10.2C2H6/c1-7-4-3-5-8(2)6-7;1-5(2,3)4;1-4(2)3;2*1-2/h7-8H,3-6H2,1-2H3;1-4H3;4H,1-3H3;2*1-2H3. The van der Waals surface area contributed by atoms with Crippen molar-refractivity contribution in [1.82, 2.24) is 0 Å². The molecule has 0 aliphatic heterocycles. The largest absolute Gasteiger partial charge is 0.0683 e. The summed E-state index contributed by atoms with van der Waals surface area (Å²) in [5.41, 5.74) is 0.500. The lowest BCUT2D eigenvalue weighted by atomic mass is 9.84. The van der Waals surface area contributed by atoms with Gasteiger partial charge in [-0.2, -0.15) is 0 Å². The maximum absolute atomic E-state index is 2.37. The molecular formula is C21H50. The average Bonchev–Trinajstić information content (AvgIpc) is 2.31. The van der Waals surface area contributed by atoms with E-state index in [4.69, 9.17) is 0 Å². The summed E-state index contributed by atoms with van der Waals surface area (Å²) in [6.07, 6.45) is 5.90. The Labute approximate surface area is 139 Å².